The average Bonchev–Trinajstić information content (AvgIpc) is 2.71. The first-order valence-corrected chi connectivity index (χ1v) is 9.98. The second-order valence-electron chi connectivity index (χ2n) is 7.79. The predicted molar refractivity (Wildman–Crippen MR) is 115 cm³/mol. The van der Waals surface area contributed by atoms with Gasteiger partial charge in [-0.3, -0.25) is 9.59 Å². The fourth-order valence-electron chi connectivity index (χ4n) is 3.22. The maximum absolute atomic E-state index is 13.9. The molecule has 2 unspecified atom stereocenters. The van der Waals surface area contributed by atoms with E-state index in [9.17, 15) is 18.4 Å². The van der Waals surface area contributed by atoms with Crippen molar-refractivity contribution in [3.8, 4) is 5.75 Å². The van der Waals surface area contributed by atoms with Gasteiger partial charge >= 0.3 is 0 Å². The molecule has 8 heteroatoms. The van der Waals surface area contributed by atoms with Gasteiger partial charge in [0.25, 0.3) is 5.91 Å². The summed E-state index contributed by atoms with van der Waals surface area (Å²) in [6.45, 7) is 3.76. The summed E-state index contributed by atoms with van der Waals surface area (Å²) < 4.78 is 33.1. The molecule has 0 spiro atoms. The van der Waals surface area contributed by atoms with Gasteiger partial charge in [-0.2, -0.15) is 0 Å². The number of carbonyl (C=O) groups is 2. The van der Waals surface area contributed by atoms with E-state index >= 15 is 0 Å². The molecule has 2 aromatic rings. The number of halogens is 2. The average molecular weight is 433 g/mol. The molecule has 2 atom stereocenters. The van der Waals surface area contributed by atoms with Crippen LogP contribution >= 0.6 is 0 Å². The summed E-state index contributed by atoms with van der Waals surface area (Å²) in [4.78, 5) is 27.2. The van der Waals surface area contributed by atoms with E-state index in [4.69, 9.17) is 4.74 Å². The monoisotopic (exact) mass is 433 g/mol. The SMILES string of the molecule is COc1cccc(C(CNC(=O)C(NC(=O)c2c(F)cccc2F)C(C)C)N(C)C)c1. The smallest absolute Gasteiger partial charge is 0.257 e. The second-order valence-corrected chi connectivity index (χ2v) is 7.79. The Morgan fingerprint density at radius 3 is 2.23 bits per heavy atom. The Morgan fingerprint density at radius 1 is 1.06 bits per heavy atom. The van der Waals surface area contributed by atoms with Gasteiger partial charge in [0.15, 0.2) is 0 Å². The van der Waals surface area contributed by atoms with E-state index < -0.39 is 35.1 Å². The molecule has 0 radical (unpaired) electrons. The van der Waals surface area contributed by atoms with Gasteiger partial charge in [-0.15, -0.1) is 0 Å². The van der Waals surface area contributed by atoms with Gasteiger partial charge in [0.1, 0.15) is 29.0 Å². The number of hydrogen-bond donors (Lipinski definition) is 2. The molecule has 31 heavy (non-hydrogen) atoms. The van der Waals surface area contributed by atoms with Crippen molar-refractivity contribution in [3.63, 3.8) is 0 Å². The first kappa shape index (κ1) is 24.3. The third kappa shape index (κ3) is 6.24. The van der Waals surface area contributed by atoms with Crippen molar-refractivity contribution in [2.24, 2.45) is 5.92 Å². The van der Waals surface area contributed by atoms with Crippen LogP contribution in [0.15, 0.2) is 42.5 Å². The minimum atomic E-state index is -0.980. The Bertz CT molecular complexity index is 898. The van der Waals surface area contributed by atoms with E-state index in [-0.39, 0.29) is 18.5 Å². The van der Waals surface area contributed by atoms with Gasteiger partial charge in [-0.1, -0.05) is 32.0 Å². The van der Waals surface area contributed by atoms with E-state index in [1.165, 1.54) is 6.07 Å². The quantitative estimate of drug-likeness (QED) is 0.638. The lowest BCUT2D eigenvalue weighted by atomic mass is 10.0. The molecule has 0 aliphatic rings. The number of likely N-dealkylation sites (N-methyl/N-ethyl adjacent to an activating group) is 1. The molecule has 0 bridgehead atoms. The van der Waals surface area contributed by atoms with E-state index in [0.717, 1.165) is 17.7 Å². The van der Waals surface area contributed by atoms with Crippen LogP contribution in [0.3, 0.4) is 0 Å². The van der Waals surface area contributed by atoms with Gasteiger partial charge in [0.05, 0.1) is 13.2 Å². The lowest BCUT2D eigenvalue weighted by Gasteiger charge is -2.27. The molecule has 0 aromatic heterocycles. The minimum absolute atomic E-state index is 0.147. The maximum atomic E-state index is 13.9. The fraction of sp³-hybridized carbons (Fsp3) is 0.391. The number of amides is 2. The third-order valence-electron chi connectivity index (χ3n) is 5.00. The first-order valence-electron chi connectivity index (χ1n) is 9.98. The van der Waals surface area contributed by atoms with Crippen molar-refractivity contribution in [1.82, 2.24) is 15.5 Å². The standard InChI is InChI=1S/C23H29F2N3O3/c1-14(2)21(27-22(29)20-17(24)10-7-11-18(20)25)23(30)26-13-19(28(3)4)15-8-6-9-16(12-15)31-5/h6-12,14,19,21H,13H2,1-5H3,(H,26,30)(H,27,29). The molecular weight excluding hydrogens is 404 g/mol. The van der Waals surface area contributed by atoms with Crippen LogP contribution in [0.4, 0.5) is 8.78 Å². The Morgan fingerprint density at radius 2 is 1.68 bits per heavy atom. The highest BCUT2D eigenvalue weighted by atomic mass is 19.1. The summed E-state index contributed by atoms with van der Waals surface area (Å²) in [6, 6.07) is 9.59. The Kier molecular flexibility index (Phi) is 8.50. The molecule has 0 fully saturated rings. The van der Waals surface area contributed by atoms with Crippen LogP contribution in [0.25, 0.3) is 0 Å². The van der Waals surface area contributed by atoms with Crippen LogP contribution in [-0.4, -0.2) is 50.5 Å². The topological polar surface area (TPSA) is 70.7 Å². The largest absolute Gasteiger partial charge is 0.497 e. The molecule has 6 nitrogen and oxygen atoms in total. The highest BCUT2D eigenvalue weighted by molar-refractivity contribution is 5.98. The lowest BCUT2D eigenvalue weighted by Crippen LogP contribution is -2.51. The molecule has 2 amide bonds. The van der Waals surface area contributed by atoms with Crippen LogP contribution in [0, 0.1) is 17.6 Å². The Balaban J connectivity index is 2.13. The number of benzene rings is 2. The number of ether oxygens (including phenoxy) is 1. The summed E-state index contributed by atoms with van der Waals surface area (Å²) in [6.07, 6.45) is 0. The first-order chi connectivity index (χ1) is 14.6. The molecule has 2 aromatic carbocycles. The molecule has 2 rings (SSSR count). The van der Waals surface area contributed by atoms with Gasteiger partial charge in [0.2, 0.25) is 5.91 Å². The summed E-state index contributed by atoms with van der Waals surface area (Å²) in [5.41, 5.74) is 0.242. The van der Waals surface area contributed by atoms with Crippen LogP contribution < -0.4 is 15.4 Å². The number of rotatable bonds is 9. The zero-order chi connectivity index (χ0) is 23.1. The molecule has 0 saturated heterocycles. The van der Waals surface area contributed by atoms with Crippen LogP contribution in [0.1, 0.15) is 35.8 Å². The van der Waals surface area contributed by atoms with Crippen LogP contribution in [-0.2, 0) is 4.79 Å². The lowest BCUT2D eigenvalue weighted by molar-refractivity contribution is -0.124. The summed E-state index contributed by atoms with van der Waals surface area (Å²) in [7, 11) is 5.36. The number of carbonyl (C=O) groups excluding carboxylic acids is 2. The van der Waals surface area contributed by atoms with Crippen molar-refractivity contribution in [3.05, 3.63) is 65.2 Å². The molecule has 168 valence electrons. The van der Waals surface area contributed by atoms with E-state index in [0.29, 0.717) is 5.75 Å². The van der Waals surface area contributed by atoms with Crippen molar-refractivity contribution < 1.29 is 23.1 Å². The number of nitrogens with one attached hydrogen (secondary N) is 2. The molecule has 0 saturated carbocycles. The number of methoxy groups -OCH3 is 1. The van der Waals surface area contributed by atoms with E-state index in [2.05, 4.69) is 10.6 Å². The molecule has 2 N–H and O–H groups in total. The molecule has 0 aliphatic heterocycles. The second kappa shape index (κ2) is 10.9. The van der Waals surface area contributed by atoms with Crippen molar-refractivity contribution in [2.75, 3.05) is 27.7 Å². The van der Waals surface area contributed by atoms with Gasteiger partial charge in [-0.25, -0.2) is 8.78 Å². The van der Waals surface area contributed by atoms with Crippen molar-refractivity contribution in [1.29, 1.82) is 0 Å². The van der Waals surface area contributed by atoms with Crippen LogP contribution in [0.2, 0.25) is 0 Å². The van der Waals surface area contributed by atoms with Crippen LogP contribution in [0.5, 0.6) is 5.75 Å². The van der Waals surface area contributed by atoms with Gasteiger partial charge < -0.3 is 20.3 Å². The summed E-state index contributed by atoms with van der Waals surface area (Å²) in [5.74, 6) is -2.96. The molecular formula is C23H29F2N3O3. The zero-order valence-electron chi connectivity index (χ0n) is 18.4. The predicted octanol–water partition coefficient (Wildman–Crippen LogP) is 3.15. The van der Waals surface area contributed by atoms with E-state index in [1.54, 1.807) is 21.0 Å². The van der Waals surface area contributed by atoms with Crippen molar-refractivity contribution >= 4 is 11.8 Å². The zero-order valence-corrected chi connectivity index (χ0v) is 18.4. The summed E-state index contributed by atoms with van der Waals surface area (Å²) >= 11 is 0. The normalized spacial score (nSPS) is 13.1. The van der Waals surface area contributed by atoms with Gasteiger partial charge in [0, 0.05) is 6.54 Å². The summed E-state index contributed by atoms with van der Waals surface area (Å²) in [5, 5.41) is 5.30. The van der Waals surface area contributed by atoms with Crippen molar-refractivity contribution in [2.45, 2.75) is 25.9 Å². The Labute approximate surface area is 181 Å². The Hall–Kier alpha value is -3.00. The number of nitrogens with zero attached hydrogens (tertiary/aromatic N) is 1. The molecule has 0 heterocycles. The highest BCUT2D eigenvalue weighted by Crippen LogP contribution is 2.22. The minimum Gasteiger partial charge on any atom is -0.497 e. The fourth-order valence-corrected chi connectivity index (χ4v) is 3.22. The maximum Gasteiger partial charge on any atom is 0.257 e. The highest BCUT2D eigenvalue weighted by Gasteiger charge is 2.28. The number of hydrogen-bond acceptors (Lipinski definition) is 4. The van der Waals surface area contributed by atoms with E-state index in [1.807, 2.05) is 43.3 Å². The van der Waals surface area contributed by atoms with Gasteiger partial charge in [-0.05, 0) is 49.8 Å². The molecule has 0 aliphatic carbocycles. The third-order valence-corrected chi connectivity index (χ3v) is 5.00.